The molecule has 0 aliphatic rings. The fraction of sp³-hybridized carbons (Fsp3) is 0.412. The third-order valence-corrected chi connectivity index (χ3v) is 3.09. The first-order chi connectivity index (χ1) is 9.40. The number of hydrogen-bond donors (Lipinski definition) is 0. The van der Waals surface area contributed by atoms with Gasteiger partial charge in [0, 0.05) is 23.8 Å². The fourth-order valence-electron chi connectivity index (χ4n) is 1.55. The normalized spacial score (nSPS) is 10.4. The monoisotopic (exact) mass is 290 g/mol. The summed E-state index contributed by atoms with van der Waals surface area (Å²) in [6.45, 7) is 10.6. The first-order valence-electron chi connectivity index (χ1n) is 6.94. The Balaban J connectivity index is 0.000000200. The summed E-state index contributed by atoms with van der Waals surface area (Å²) in [5.41, 5.74) is 3.49. The molecule has 2 nitrogen and oxygen atoms in total. The van der Waals surface area contributed by atoms with Crippen LogP contribution in [0.5, 0.6) is 0 Å². The van der Waals surface area contributed by atoms with E-state index in [2.05, 4.69) is 56.7 Å². The number of rotatable bonds is 2. The smallest absolute Gasteiger partial charge is 0.0589 e. The van der Waals surface area contributed by atoms with Crippen molar-refractivity contribution in [3.8, 4) is 0 Å². The maximum absolute atomic E-state index is 5.65. The molecule has 0 unspecified atom stereocenters. The predicted octanol–water partition coefficient (Wildman–Crippen LogP) is 5.37. The van der Waals surface area contributed by atoms with Crippen molar-refractivity contribution < 1.29 is 0 Å². The summed E-state index contributed by atoms with van der Waals surface area (Å²) < 4.78 is 0. The Bertz CT molecular complexity index is 452. The van der Waals surface area contributed by atoms with Gasteiger partial charge in [-0.3, -0.25) is 9.97 Å². The highest BCUT2D eigenvalue weighted by Gasteiger charge is 1.98. The van der Waals surface area contributed by atoms with Crippen molar-refractivity contribution in [1.29, 1.82) is 0 Å². The van der Waals surface area contributed by atoms with Crippen LogP contribution in [0.3, 0.4) is 0 Å². The van der Waals surface area contributed by atoms with Crippen LogP contribution in [-0.4, -0.2) is 9.97 Å². The van der Waals surface area contributed by atoms with E-state index in [1.54, 1.807) is 6.20 Å². The molecule has 0 aromatic carbocycles. The standard InChI is InChI=1S/C9H13N.C8H10ClN/c1-7(2)9-5-4-8(3)6-10-9;1-6(2)8-4-3-7(9)5-10-8/h4-7H,1-3H3;3-6H,1-2H3. The second-order valence-corrected chi connectivity index (χ2v) is 5.91. The molecule has 3 heteroatoms. The number of aryl methyl sites for hydroxylation is 1. The minimum absolute atomic E-state index is 0.484. The molecule has 0 N–H and O–H groups in total. The van der Waals surface area contributed by atoms with E-state index in [1.165, 1.54) is 11.3 Å². The first-order valence-corrected chi connectivity index (χ1v) is 7.32. The van der Waals surface area contributed by atoms with Crippen LogP contribution in [0.2, 0.25) is 5.02 Å². The molecule has 2 rings (SSSR count). The minimum Gasteiger partial charge on any atom is -0.261 e. The largest absolute Gasteiger partial charge is 0.261 e. The molecule has 0 fully saturated rings. The topological polar surface area (TPSA) is 25.8 Å². The second kappa shape index (κ2) is 8.01. The number of hydrogen-bond acceptors (Lipinski definition) is 2. The molecule has 0 saturated heterocycles. The molecule has 0 aliphatic carbocycles. The van der Waals surface area contributed by atoms with Crippen LogP contribution in [0, 0.1) is 6.92 Å². The molecular weight excluding hydrogens is 268 g/mol. The fourth-order valence-corrected chi connectivity index (χ4v) is 1.66. The van der Waals surface area contributed by atoms with Crippen molar-refractivity contribution in [2.45, 2.75) is 46.5 Å². The lowest BCUT2D eigenvalue weighted by atomic mass is 10.1. The maximum atomic E-state index is 5.65. The molecule has 0 saturated carbocycles. The van der Waals surface area contributed by atoms with Crippen molar-refractivity contribution in [2.24, 2.45) is 0 Å². The quantitative estimate of drug-likeness (QED) is 0.743. The van der Waals surface area contributed by atoms with Crippen LogP contribution in [0.15, 0.2) is 36.7 Å². The number of pyridine rings is 2. The molecule has 0 bridgehead atoms. The van der Waals surface area contributed by atoms with Crippen LogP contribution in [0.4, 0.5) is 0 Å². The van der Waals surface area contributed by atoms with E-state index in [0.717, 1.165) is 5.69 Å². The van der Waals surface area contributed by atoms with Gasteiger partial charge in [0.2, 0.25) is 0 Å². The van der Waals surface area contributed by atoms with Gasteiger partial charge in [-0.05, 0) is 42.5 Å². The highest BCUT2D eigenvalue weighted by atomic mass is 35.5. The Hall–Kier alpha value is -1.41. The van der Waals surface area contributed by atoms with Gasteiger partial charge in [0.25, 0.3) is 0 Å². The molecule has 2 aromatic heterocycles. The van der Waals surface area contributed by atoms with E-state index in [0.29, 0.717) is 16.9 Å². The summed E-state index contributed by atoms with van der Waals surface area (Å²) in [5.74, 6) is 1.03. The molecule has 0 radical (unpaired) electrons. The van der Waals surface area contributed by atoms with Gasteiger partial charge in [-0.2, -0.15) is 0 Å². The van der Waals surface area contributed by atoms with Crippen molar-refractivity contribution in [1.82, 2.24) is 9.97 Å². The molecule has 0 aliphatic heterocycles. The van der Waals surface area contributed by atoms with Gasteiger partial charge in [0.15, 0.2) is 0 Å². The van der Waals surface area contributed by atoms with Gasteiger partial charge in [0.05, 0.1) is 5.02 Å². The average Bonchev–Trinajstić information content (AvgIpc) is 2.40. The Labute approximate surface area is 127 Å². The lowest BCUT2D eigenvalue weighted by Crippen LogP contribution is -1.90. The zero-order valence-electron chi connectivity index (χ0n) is 12.9. The summed E-state index contributed by atoms with van der Waals surface area (Å²) in [7, 11) is 0. The van der Waals surface area contributed by atoms with E-state index in [-0.39, 0.29) is 0 Å². The summed E-state index contributed by atoms with van der Waals surface area (Å²) in [4.78, 5) is 8.42. The maximum Gasteiger partial charge on any atom is 0.0589 e. The Morgan fingerprint density at radius 1 is 0.800 bits per heavy atom. The minimum atomic E-state index is 0.484. The molecule has 2 heterocycles. The lowest BCUT2D eigenvalue weighted by Gasteiger charge is -2.02. The van der Waals surface area contributed by atoms with Gasteiger partial charge in [-0.1, -0.05) is 45.4 Å². The zero-order chi connectivity index (χ0) is 15.1. The predicted molar refractivity (Wildman–Crippen MR) is 86.4 cm³/mol. The average molecular weight is 291 g/mol. The molecule has 0 spiro atoms. The van der Waals surface area contributed by atoms with Gasteiger partial charge in [0.1, 0.15) is 0 Å². The summed E-state index contributed by atoms with van der Waals surface area (Å²) in [6, 6.07) is 8.00. The summed E-state index contributed by atoms with van der Waals surface area (Å²) >= 11 is 5.65. The van der Waals surface area contributed by atoms with Crippen LogP contribution in [0.1, 0.15) is 56.5 Å². The summed E-state index contributed by atoms with van der Waals surface area (Å²) in [5, 5.41) is 0.699. The van der Waals surface area contributed by atoms with Crippen molar-refractivity contribution >= 4 is 11.6 Å². The zero-order valence-corrected chi connectivity index (χ0v) is 13.6. The number of nitrogens with zero attached hydrogens (tertiary/aromatic N) is 2. The molecule has 2 aromatic rings. The highest BCUT2D eigenvalue weighted by Crippen LogP contribution is 2.13. The Kier molecular flexibility index (Phi) is 6.66. The van der Waals surface area contributed by atoms with E-state index in [1.807, 2.05) is 18.3 Å². The third-order valence-electron chi connectivity index (χ3n) is 2.87. The van der Waals surface area contributed by atoms with Crippen molar-refractivity contribution in [3.63, 3.8) is 0 Å². The van der Waals surface area contributed by atoms with Crippen molar-refractivity contribution in [3.05, 3.63) is 58.6 Å². The van der Waals surface area contributed by atoms with Crippen molar-refractivity contribution in [2.75, 3.05) is 0 Å². The Morgan fingerprint density at radius 2 is 1.30 bits per heavy atom. The van der Waals surface area contributed by atoms with E-state index >= 15 is 0 Å². The van der Waals surface area contributed by atoms with E-state index in [9.17, 15) is 0 Å². The van der Waals surface area contributed by atoms with Gasteiger partial charge >= 0.3 is 0 Å². The van der Waals surface area contributed by atoms with Gasteiger partial charge < -0.3 is 0 Å². The first kappa shape index (κ1) is 16.6. The molecule has 0 amide bonds. The molecular formula is C17H23ClN2. The second-order valence-electron chi connectivity index (χ2n) is 5.47. The van der Waals surface area contributed by atoms with E-state index in [4.69, 9.17) is 11.6 Å². The lowest BCUT2D eigenvalue weighted by molar-refractivity contribution is 0.821. The van der Waals surface area contributed by atoms with E-state index < -0.39 is 0 Å². The molecule has 108 valence electrons. The Morgan fingerprint density at radius 3 is 1.65 bits per heavy atom. The molecule has 0 atom stereocenters. The molecule has 20 heavy (non-hydrogen) atoms. The number of aromatic nitrogens is 2. The van der Waals surface area contributed by atoms with Crippen LogP contribution < -0.4 is 0 Å². The van der Waals surface area contributed by atoms with Gasteiger partial charge in [-0.15, -0.1) is 0 Å². The third kappa shape index (κ3) is 5.70. The summed E-state index contributed by atoms with van der Waals surface area (Å²) in [6.07, 6.45) is 3.59. The SMILES string of the molecule is CC(C)c1ccc(Cl)cn1.Cc1ccc(C(C)C)nc1. The van der Waals surface area contributed by atoms with Crippen LogP contribution >= 0.6 is 11.6 Å². The highest BCUT2D eigenvalue weighted by molar-refractivity contribution is 6.30. The van der Waals surface area contributed by atoms with Crippen LogP contribution in [0.25, 0.3) is 0 Å². The van der Waals surface area contributed by atoms with Crippen LogP contribution in [-0.2, 0) is 0 Å². The number of halogens is 1. The van der Waals surface area contributed by atoms with Gasteiger partial charge in [-0.25, -0.2) is 0 Å².